The fourth-order valence-electron chi connectivity index (χ4n) is 8.00. The van der Waals surface area contributed by atoms with Crippen LogP contribution in [-0.2, 0) is 23.0 Å². The number of thiophene rings is 1. The van der Waals surface area contributed by atoms with Crippen LogP contribution in [0.3, 0.4) is 0 Å². The summed E-state index contributed by atoms with van der Waals surface area (Å²) in [6, 6.07) is 8.05. The van der Waals surface area contributed by atoms with E-state index in [-0.39, 0.29) is 33.6 Å². The van der Waals surface area contributed by atoms with Gasteiger partial charge in [0.25, 0.3) is 11.8 Å². The molecule has 2 aromatic heterocycles. The fraction of sp³-hybridized carbons (Fsp3) is 0.545. The Bertz CT molecular complexity index is 1720. The number of benzene rings is 1. The summed E-state index contributed by atoms with van der Waals surface area (Å²) in [7, 11) is -3.70. The van der Waals surface area contributed by atoms with Gasteiger partial charge in [-0.15, -0.1) is 11.3 Å². The van der Waals surface area contributed by atoms with Gasteiger partial charge < -0.3 is 5.32 Å². The number of nitrogens with one attached hydrogen (secondary N) is 1. The maximum absolute atomic E-state index is 13.9. The van der Waals surface area contributed by atoms with Crippen LogP contribution >= 0.6 is 11.3 Å². The first-order valence-corrected chi connectivity index (χ1v) is 17.8. The van der Waals surface area contributed by atoms with E-state index in [1.165, 1.54) is 28.2 Å². The van der Waals surface area contributed by atoms with Crippen molar-refractivity contribution in [3.8, 4) is 0 Å². The third kappa shape index (κ3) is 5.68. The molecular weight excluding hydrogens is 595 g/mol. The number of fused-ring (bicyclic) bond motifs is 3. The van der Waals surface area contributed by atoms with E-state index in [1.54, 1.807) is 16.4 Å². The van der Waals surface area contributed by atoms with E-state index in [1.807, 2.05) is 19.9 Å². The highest BCUT2D eigenvalue weighted by molar-refractivity contribution is 7.89. The lowest BCUT2D eigenvalue weighted by atomic mass is 9.65. The van der Waals surface area contributed by atoms with Gasteiger partial charge in [0.15, 0.2) is 0 Å². The lowest BCUT2D eigenvalue weighted by Crippen LogP contribution is -2.37. The van der Waals surface area contributed by atoms with Crippen LogP contribution in [0, 0.1) is 24.7 Å². The second-order valence-corrected chi connectivity index (χ2v) is 17.1. The molecule has 1 aromatic carbocycles. The quantitative estimate of drug-likeness (QED) is 0.348. The summed E-state index contributed by atoms with van der Waals surface area (Å²) in [5.74, 6) is -0.631. The molecule has 44 heavy (non-hydrogen) atoms. The Kier molecular flexibility index (Phi) is 7.92. The monoisotopic (exact) mass is 637 g/mol. The highest BCUT2D eigenvalue weighted by atomic mass is 32.2. The van der Waals surface area contributed by atoms with Crippen molar-refractivity contribution in [2.45, 2.75) is 91.1 Å². The predicted molar refractivity (Wildman–Crippen MR) is 173 cm³/mol. The first-order chi connectivity index (χ1) is 20.7. The van der Waals surface area contributed by atoms with Crippen LogP contribution in [-0.4, -0.2) is 64.9 Å². The number of carbonyl (C=O) groups excluding carboxylic acids is 2. The van der Waals surface area contributed by atoms with Crippen LogP contribution in [0.4, 0.5) is 5.00 Å². The van der Waals surface area contributed by atoms with Crippen molar-refractivity contribution in [3.63, 3.8) is 0 Å². The molecule has 2 bridgehead atoms. The summed E-state index contributed by atoms with van der Waals surface area (Å²) in [6.07, 6.45) is 4.51. The Morgan fingerprint density at radius 3 is 2.50 bits per heavy atom. The van der Waals surface area contributed by atoms with E-state index in [9.17, 15) is 18.0 Å². The summed E-state index contributed by atoms with van der Waals surface area (Å²) < 4.78 is 30.6. The minimum atomic E-state index is -3.70. The number of nitrogens with zero attached hydrogens (tertiary/aromatic N) is 4. The molecule has 236 valence electrons. The van der Waals surface area contributed by atoms with Crippen molar-refractivity contribution in [2.24, 2.45) is 10.8 Å². The second kappa shape index (κ2) is 11.2. The van der Waals surface area contributed by atoms with Crippen LogP contribution in [0.25, 0.3) is 0 Å². The van der Waals surface area contributed by atoms with E-state index in [4.69, 9.17) is 0 Å². The van der Waals surface area contributed by atoms with Crippen molar-refractivity contribution in [3.05, 3.63) is 63.3 Å². The predicted octanol–water partition coefficient (Wildman–Crippen LogP) is 5.86. The smallest absolute Gasteiger partial charge is 0.281 e. The van der Waals surface area contributed by atoms with Crippen molar-refractivity contribution < 1.29 is 18.0 Å². The number of rotatable bonds is 7. The number of aryl methyl sites for hydroxylation is 2. The van der Waals surface area contributed by atoms with Crippen LogP contribution in [0.5, 0.6) is 0 Å². The van der Waals surface area contributed by atoms with Gasteiger partial charge in [0.05, 0.1) is 16.2 Å². The Hall–Kier alpha value is -2.86. The average molecular weight is 638 g/mol. The Morgan fingerprint density at radius 1 is 1.11 bits per heavy atom. The van der Waals surface area contributed by atoms with Crippen molar-refractivity contribution in [1.29, 1.82) is 0 Å². The van der Waals surface area contributed by atoms with Gasteiger partial charge in [-0.2, -0.15) is 9.40 Å². The highest BCUT2D eigenvalue weighted by Crippen LogP contribution is 2.53. The van der Waals surface area contributed by atoms with Gasteiger partial charge >= 0.3 is 0 Å². The number of hydrogen-bond acceptors (Lipinski definition) is 7. The topological polar surface area (TPSA) is 105 Å². The summed E-state index contributed by atoms with van der Waals surface area (Å²) in [5, 5.41) is 7.93. The van der Waals surface area contributed by atoms with Crippen molar-refractivity contribution in [1.82, 2.24) is 19.0 Å². The fourth-order valence-corrected chi connectivity index (χ4v) is 11.0. The molecule has 2 atom stereocenters. The molecule has 3 aromatic rings. The zero-order valence-electron chi connectivity index (χ0n) is 26.6. The van der Waals surface area contributed by atoms with Crippen molar-refractivity contribution >= 4 is 38.2 Å². The van der Waals surface area contributed by atoms with Crippen LogP contribution < -0.4 is 5.32 Å². The zero-order valence-corrected chi connectivity index (χ0v) is 28.2. The van der Waals surface area contributed by atoms with Gasteiger partial charge in [-0.3, -0.25) is 14.5 Å². The van der Waals surface area contributed by atoms with Gasteiger partial charge in [0, 0.05) is 41.8 Å². The molecule has 1 saturated heterocycles. The summed E-state index contributed by atoms with van der Waals surface area (Å²) in [6.45, 7) is 15.6. The van der Waals surface area contributed by atoms with Gasteiger partial charge in [-0.25, -0.2) is 13.1 Å². The molecule has 0 radical (unpaired) electrons. The molecule has 2 fully saturated rings. The molecule has 1 aliphatic carbocycles. The van der Waals surface area contributed by atoms with Crippen LogP contribution in [0.2, 0.25) is 0 Å². The third-order valence-electron chi connectivity index (χ3n) is 9.41. The SMILES string of the molecule is CCCN1CCc2c(sc(NC(=O)c3ccc(S(=O)(=O)N4CC5(C)CC4CC(C)(C)C5)cc3)c2C(=O)n2nc(C)cc2C)C1. The molecule has 1 amide bonds. The third-order valence-corrected chi connectivity index (χ3v) is 12.5. The minimum Gasteiger partial charge on any atom is -0.313 e. The molecule has 6 rings (SSSR count). The first-order valence-electron chi connectivity index (χ1n) is 15.6. The van der Waals surface area contributed by atoms with Crippen LogP contribution in [0.15, 0.2) is 35.2 Å². The minimum absolute atomic E-state index is 0.00648. The number of anilines is 1. The molecule has 9 nitrogen and oxygen atoms in total. The molecule has 1 saturated carbocycles. The van der Waals surface area contributed by atoms with E-state index in [0.717, 1.165) is 73.6 Å². The lowest BCUT2D eigenvalue weighted by Gasteiger charge is -2.39. The maximum Gasteiger partial charge on any atom is 0.281 e. The zero-order chi connectivity index (χ0) is 31.6. The Morgan fingerprint density at radius 2 is 1.84 bits per heavy atom. The molecule has 11 heteroatoms. The van der Waals surface area contributed by atoms with E-state index in [2.05, 4.69) is 43.0 Å². The molecule has 0 spiro atoms. The summed E-state index contributed by atoms with van der Waals surface area (Å²) in [5.41, 5.74) is 3.39. The molecule has 3 aliphatic rings. The summed E-state index contributed by atoms with van der Waals surface area (Å²) >= 11 is 1.44. The highest BCUT2D eigenvalue weighted by Gasteiger charge is 2.53. The van der Waals surface area contributed by atoms with Crippen molar-refractivity contribution in [2.75, 3.05) is 25.0 Å². The molecule has 4 heterocycles. The number of aromatic nitrogens is 2. The van der Waals surface area contributed by atoms with E-state index < -0.39 is 10.0 Å². The van der Waals surface area contributed by atoms with Crippen LogP contribution in [0.1, 0.15) is 95.9 Å². The molecule has 2 unspecified atom stereocenters. The largest absolute Gasteiger partial charge is 0.313 e. The Balaban J connectivity index is 1.26. The van der Waals surface area contributed by atoms with Gasteiger partial charge in [-0.1, -0.05) is 27.7 Å². The van der Waals surface area contributed by atoms with Gasteiger partial charge in [0.2, 0.25) is 10.0 Å². The number of amides is 1. The van der Waals surface area contributed by atoms with Gasteiger partial charge in [0.1, 0.15) is 5.00 Å². The average Bonchev–Trinajstić information content (AvgIpc) is 3.56. The number of hydrogen-bond donors (Lipinski definition) is 1. The first kappa shape index (κ1) is 31.1. The Labute approximate surface area is 264 Å². The number of carbonyl (C=O) groups is 2. The lowest BCUT2D eigenvalue weighted by molar-refractivity contribution is 0.0942. The molecule has 1 N–H and O–H groups in total. The van der Waals surface area contributed by atoms with E-state index >= 15 is 0 Å². The molecular formula is C33H43N5O4S2. The standard InChI is InChI=1S/C33H43N5O4S2/c1-7-13-36-14-12-26-27(18-36)43-30(28(26)31(40)38-22(3)15-21(2)35-38)34-29(39)23-8-10-25(11-9-23)44(41,42)37-20-33(6)17-24(37)16-32(4,5)19-33/h8-11,15,24H,7,12-14,16-20H2,1-6H3,(H,34,39). The normalized spacial score (nSPS) is 23.5. The number of sulfonamides is 1. The molecule has 2 aliphatic heterocycles. The second-order valence-electron chi connectivity index (χ2n) is 14.1. The van der Waals surface area contributed by atoms with Gasteiger partial charge in [-0.05, 0) is 99.2 Å². The van der Waals surface area contributed by atoms with E-state index in [0.29, 0.717) is 22.7 Å². The maximum atomic E-state index is 13.9. The summed E-state index contributed by atoms with van der Waals surface area (Å²) in [4.78, 5) is 31.1.